The number of hydrogen-bond acceptors (Lipinski definition) is 3. The van der Waals surface area contributed by atoms with Crippen LogP contribution >= 0.6 is 0 Å². The molecule has 0 saturated carbocycles. The van der Waals surface area contributed by atoms with E-state index in [0.29, 0.717) is 5.75 Å². The number of rotatable bonds is 3. The molecule has 0 amide bonds. The van der Waals surface area contributed by atoms with E-state index in [9.17, 15) is 9.18 Å². The number of carboxylic acid groups (broad SMARTS) is 1. The summed E-state index contributed by atoms with van der Waals surface area (Å²) < 4.78 is 19.5. The summed E-state index contributed by atoms with van der Waals surface area (Å²) in [6.07, 6.45) is 0. The summed E-state index contributed by atoms with van der Waals surface area (Å²) >= 11 is 0. The minimum Gasteiger partial charge on any atom is -0.478 e. The predicted molar refractivity (Wildman–Crippen MR) is 78.5 cm³/mol. The van der Waals surface area contributed by atoms with Gasteiger partial charge >= 0.3 is 5.97 Å². The van der Waals surface area contributed by atoms with E-state index in [1.165, 1.54) is 0 Å². The van der Waals surface area contributed by atoms with Crippen LogP contribution in [-0.4, -0.2) is 11.1 Å². The summed E-state index contributed by atoms with van der Waals surface area (Å²) in [5.74, 6) is -1.54. The van der Waals surface area contributed by atoms with Crippen molar-refractivity contribution in [2.75, 3.05) is 5.73 Å². The third-order valence-corrected chi connectivity index (χ3v) is 3.42. The van der Waals surface area contributed by atoms with Crippen molar-refractivity contribution in [2.45, 2.75) is 20.8 Å². The molecule has 2 aromatic carbocycles. The van der Waals surface area contributed by atoms with Crippen LogP contribution in [0.5, 0.6) is 11.5 Å². The Morgan fingerprint density at radius 2 is 1.81 bits per heavy atom. The second-order valence-corrected chi connectivity index (χ2v) is 4.93. The Labute approximate surface area is 122 Å². The molecule has 0 heterocycles. The summed E-state index contributed by atoms with van der Waals surface area (Å²) in [6.45, 7) is 5.72. The largest absolute Gasteiger partial charge is 0.478 e. The van der Waals surface area contributed by atoms with Crippen LogP contribution < -0.4 is 10.5 Å². The SMILES string of the molecule is Cc1ccc(C)c(Oc2cc(F)c(C(=O)O)cc2N)c1C. The van der Waals surface area contributed by atoms with Gasteiger partial charge in [-0.05, 0) is 43.5 Å². The number of carboxylic acids is 1. The van der Waals surface area contributed by atoms with E-state index in [1.807, 2.05) is 32.9 Å². The van der Waals surface area contributed by atoms with Gasteiger partial charge in [0.15, 0.2) is 5.75 Å². The van der Waals surface area contributed by atoms with E-state index < -0.39 is 17.3 Å². The van der Waals surface area contributed by atoms with E-state index in [4.69, 9.17) is 15.6 Å². The fourth-order valence-corrected chi connectivity index (χ4v) is 2.02. The number of ether oxygens (including phenoxy) is 1. The highest BCUT2D eigenvalue weighted by Crippen LogP contribution is 2.34. The zero-order chi connectivity index (χ0) is 15.7. The molecule has 0 saturated heterocycles. The zero-order valence-electron chi connectivity index (χ0n) is 12.0. The number of aromatic carboxylic acids is 1. The molecule has 0 aliphatic rings. The molecule has 0 atom stereocenters. The van der Waals surface area contributed by atoms with Gasteiger partial charge in [0.1, 0.15) is 11.6 Å². The third-order valence-electron chi connectivity index (χ3n) is 3.42. The molecule has 110 valence electrons. The first kappa shape index (κ1) is 14.8. The molecule has 5 heteroatoms. The Morgan fingerprint density at radius 3 is 2.43 bits per heavy atom. The first-order valence-electron chi connectivity index (χ1n) is 6.38. The van der Waals surface area contributed by atoms with Gasteiger partial charge in [-0.25, -0.2) is 9.18 Å². The van der Waals surface area contributed by atoms with Gasteiger partial charge in [-0.15, -0.1) is 0 Å². The maximum absolute atomic E-state index is 13.7. The molecule has 0 aliphatic carbocycles. The summed E-state index contributed by atoms with van der Waals surface area (Å²) in [6, 6.07) is 5.93. The van der Waals surface area contributed by atoms with Crippen LogP contribution in [0.1, 0.15) is 27.0 Å². The fraction of sp³-hybridized carbons (Fsp3) is 0.188. The highest BCUT2D eigenvalue weighted by molar-refractivity contribution is 5.89. The summed E-state index contributed by atoms with van der Waals surface area (Å²) in [7, 11) is 0. The number of anilines is 1. The normalized spacial score (nSPS) is 10.5. The molecule has 3 N–H and O–H groups in total. The lowest BCUT2D eigenvalue weighted by Gasteiger charge is -2.15. The molecule has 2 rings (SSSR count). The average molecular weight is 289 g/mol. The van der Waals surface area contributed by atoms with Crippen molar-refractivity contribution >= 4 is 11.7 Å². The first-order chi connectivity index (χ1) is 9.81. The molecule has 0 bridgehead atoms. The standard InChI is InChI=1S/C16H16FNO3/c1-8-4-5-9(2)15(10(8)3)21-14-7-12(17)11(16(19)20)6-13(14)18/h4-7H,18H2,1-3H3,(H,19,20). The minimum absolute atomic E-state index is 0.0779. The summed E-state index contributed by atoms with van der Waals surface area (Å²) in [4.78, 5) is 10.9. The second kappa shape index (κ2) is 5.44. The van der Waals surface area contributed by atoms with Gasteiger partial charge in [0.05, 0.1) is 11.3 Å². The van der Waals surface area contributed by atoms with Gasteiger partial charge < -0.3 is 15.6 Å². The van der Waals surface area contributed by atoms with E-state index in [2.05, 4.69) is 0 Å². The van der Waals surface area contributed by atoms with E-state index in [1.54, 1.807) is 0 Å². The van der Waals surface area contributed by atoms with Gasteiger partial charge in [0.25, 0.3) is 0 Å². The van der Waals surface area contributed by atoms with Crippen molar-refractivity contribution < 1.29 is 19.0 Å². The number of halogens is 1. The molecule has 0 aliphatic heterocycles. The quantitative estimate of drug-likeness (QED) is 0.842. The Hall–Kier alpha value is -2.56. The van der Waals surface area contributed by atoms with Gasteiger partial charge in [0, 0.05) is 6.07 Å². The Morgan fingerprint density at radius 1 is 1.19 bits per heavy atom. The molecule has 2 aromatic rings. The second-order valence-electron chi connectivity index (χ2n) is 4.93. The molecule has 0 radical (unpaired) electrons. The Kier molecular flexibility index (Phi) is 3.84. The fourth-order valence-electron chi connectivity index (χ4n) is 2.02. The number of carbonyl (C=O) groups is 1. The number of benzene rings is 2. The Bertz CT molecular complexity index is 726. The molecule has 0 unspecified atom stereocenters. The highest BCUT2D eigenvalue weighted by atomic mass is 19.1. The minimum atomic E-state index is -1.37. The van der Waals surface area contributed by atoms with Crippen LogP contribution in [0.2, 0.25) is 0 Å². The smallest absolute Gasteiger partial charge is 0.338 e. The first-order valence-corrected chi connectivity index (χ1v) is 6.38. The summed E-state index contributed by atoms with van der Waals surface area (Å²) in [5, 5.41) is 8.86. The molecule has 21 heavy (non-hydrogen) atoms. The van der Waals surface area contributed by atoms with Crippen LogP contribution in [0, 0.1) is 26.6 Å². The van der Waals surface area contributed by atoms with E-state index >= 15 is 0 Å². The maximum Gasteiger partial charge on any atom is 0.338 e. The number of nitrogens with two attached hydrogens (primary N) is 1. The molecule has 4 nitrogen and oxygen atoms in total. The van der Waals surface area contributed by atoms with E-state index in [0.717, 1.165) is 28.8 Å². The number of aryl methyl sites for hydroxylation is 2. The monoisotopic (exact) mass is 289 g/mol. The molecule has 0 aromatic heterocycles. The maximum atomic E-state index is 13.7. The highest BCUT2D eigenvalue weighted by Gasteiger charge is 2.16. The van der Waals surface area contributed by atoms with Crippen molar-refractivity contribution in [1.29, 1.82) is 0 Å². The topological polar surface area (TPSA) is 72.5 Å². The van der Waals surface area contributed by atoms with E-state index in [-0.39, 0.29) is 11.4 Å². The molecule has 0 fully saturated rings. The lowest BCUT2D eigenvalue weighted by molar-refractivity contribution is 0.0692. The van der Waals surface area contributed by atoms with Crippen molar-refractivity contribution in [2.24, 2.45) is 0 Å². The van der Waals surface area contributed by atoms with Crippen molar-refractivity contribution in [3.63, 3.8) is 0 Å². The van der Waals surface area contributed by atoms with Crippen LogP contribution in [0.25, 0.3) is 0 Å². The van der Waals surface area contributed by atoms with Crippen LogP contribution in [0.3, 0.4) is 0 Å². The predicted octanol–water partition coefficient (Wildman–Crippen LogP) is 3.82. The van der Waals surface area contributed by atoms with Gasteiger partial charge in [-0.2, -0.15) is 0 Å². The van der Waals surface area contributed by atoms with Crippen LogP contribution in [0.15, 0.2) is 24.3 Å². The average Bonchev–Trinajstić information content (AvgIpc) is 2.42. The van der Waals surface area contributed by atoms with Crippen molar-refractivity contribution in [3.05, 3.63) is 52.3 Å². The van der Waals surface area contributed by atoms with Crippen molar-refractivity contribution in [3.8, 4) is 11.5 Å². The molecule has 0 spiro atoms. The number of nitrogen functional groups attached to an aromatic ring is 1. The lowest BCUT2D eigenvalue weighted by atomic mass is 10.1. The number of hydrogen-bond donors (Lipinski definition) is 2. The molecular formula is C16H16FNO3. The van der Waals surface area contributed by atoms with Crippen molar-refractivity contribution in [1.82, 2.24) is 0 Å². The van der Waals surface area contributed by atoms with Crippen LogP contribution in [-0.2, 0) is 0 Å². The molecular weight excluding hydrogens is 273 g/mol. The lowest BCUT2D eigenvalue weighted by Crippen LogP contribution is -2.04. The van der Waals surface area contributed by atoms with Crippen LogP contribution in [0.4, 0.5) is 10.1 Å². The van der Waals surface area contributed by atoms with Gasteiger partial charge in [0.2, 0.25) is 0 Å². The third kappa shape index (κ3) is 2.81. The van der Waals surface area contributed by atoms with Gasteiger partial charge in [-0.1, -0.05) is 12.1 Å². The Balaban J connectivity index is 2.48. The summed E-state index contributed by atoms with van der Waals surface area (Å²) in [5.41, 5.74) is 8.22. The zero-order valence-corrected chi connectivity index (χ0v) is 12.0. The van der Waals surface area contributed by atoms with Gasteiger partial charge in [-0.3, -0.25) is 0 Å².